The third-order valence-electron chi connectivity index (χ3n) is 8.75. The van der Waals surface area contributed by atoms with Crippen LogP contribution in [-0.2, 0) is 20.5 Å². The first kappa shape index (κ1) is 31.3. The van der Waals surface area contributed by atoms with Gasteiger partial charge in [0.15, 0.2) is 5.75 Å². The second-order valence-electron chi connectivity index (χ2n) is 11.9. The van der Waals surface area contributed by atoms with Crippen molar-refractivity contribution in [1.29, 1.82) is 0 Å². The number of aromatic nitrogens is 2. The van der Waals surface area contributed by atoms with Gasteiger partial charge in [0.05, 0.1) is 42.7 Å². The molecule has 1 aliphatic carbocycles. The van der Waals surface area contributed by atoms with Gasteiger partial charge in [0.2, 0.25) is 11.5 Å². The zero-order chi connectivity index (χ0) is 34.0. The molecule has 2 aromatic heterocycles. The summed E-state index contributed by atoms with van der Waals surface area (Å²) in [6.45, 7) is -0.731. The molecule has 2 unspecified atom stereocenters. The Bertz CT molecular complexity index is 1990. The third kappa shape index (κ3) is 5.13. The quantitative estimate of drug-likeness (QED) is 0.178. The summed E-state index contributed by atoms with van der Waals surface area (Å²) in [6, 6.07) is 10.6. The zero-order valence-corrected chi connectivity index (χ0v) is 24.7. The molecule has 7 rings (SSSR count). The van der Waals surface area contributed by atoms with Gasteiger partial charge in [-0.15, -0.1) is 0 Å². The Balaban J connectivity index is 1.23. The molecule has 3 aliphatic rings. The smallest absolute Gasteiger partial charge is 0.424 e. The number of primary amides is 1. The Morgan fingerprint density at radius 1 is 1.08 bits per heavy atom. The lowest BCUT2D eigenvalue weighted by Crippen LogP contribution is -2.51. The number of amides is 4. The molecule has 12 nitrogen and oxygen atoms in total. The van der Waals surface area contributed by atoms with E-state index in [2.05, 4.69) is 25.9 Å². The summed E-state index contributed by atoms with van der Waals surface area (Å²) in [6.07, 6.45) is -4.56. The van der Waals surface area contributed by atoms with Gasteiger partial charge in [-0.25, -0.2) is 14.2 Å². The molecule has 3 atom stereocenters. The number of alkyl halides is 3. The molecule has 1 saturated heterocycles. The number of fused-ring (bicyclic) bond motifs is 4. The zero-order valence-electron chi connectivity index (χ0n) is 24.7. The lowest BCUT2D eigenvalue weighted by Gasteiger charge is -2.31. The lowest BCUT2D eigenvalue weighted by molar-refractivity contribution is -0.265. The van der Waals surface area contributed by atoms with Crippen molar-refractivity contribution < 1.29 is 46.5 Å². The number of ether oxygens (including phenoxy) is 2. The van der Waals surface area contributed by atoms with Crippen molar-refractivity contribution >= 4 is 34.4 Å². The van der Waals surface area contributed by atoms with Crippen molar-refractivity contribution in [3.63, 3.8) is 0 Å². The second kappa shape index (κ2) is 11.1. The van der Waals surface area contributed by atoms with Crippen LogP contribution in [0.25, 0.3) is 22.2 Å². The Kier molecular flexibility index (Phi) is 7.25. The Morgan fingerprint density at radius 3 is 2.50 bits per heavy atom. The first-order chi connectivity index (χ1) is 22.8. The van der Waals surface area contributed by atoms with Gasteiger partial charge in [-0.05, 0) is 48.5 Å². The molecular formula is C32H26F4N6O6. The summed E-state index contributed by atoms with van der Waals surface area (Å²) in [5.74, 6) is -2.47. The van der Waals surface area contributed by atoms with E-state index < -0.39 is 59.2 Å². The number of benzene rings is 2. The number of nitrogens with two attached hydrogens (primary N) is 1. The molecule has 6 N–H and O–H groups in total. The van der Waals surface area contributed by atoms with Crippen LogP contribution in [-0.4, -0.2) is 71.0 Å². The summed E-state index contributed by atoms with van der Waals surface area (Å²) >= 11 is 0. The molecule has 4 heterocycles. The highest BCUT2D eigenvalue weighted by atomic mass is 19.4. The SMILES string of the molecule is NC(=O)[C@@]12CC1Oc1c2cc(C(O)(CNC(=O)c2cc(NC(=O)NC3COC3)c3ncccc3c2)C(F)(F)F)nc1-c1ccc(F)cc1. The molecule has 48 heavy (non-hydrogen) atoms. The highest BCUT2D eigenvalue weighted by Gasteiger charge is 2.69. The number of nitrogens with zero attached hydrogens (tertiary/aromatic N) is 2. The number of aliphatic hydroxyl groups is 1. The van der Waals surface area contributed by atoms with Gasteiger partial charge in [0.1, 0.15) is 23.0 Å². The van der Waals surface area contributed by atoms with Gasteiger partial charge in [-0.2, -0.15) is 13.2 Å². The number of hydrogen-bond acceptors (Lipinski definition) is 8. The van der Waals surface area contributed by atoms with Crippen LogP contribution < -0.4 is 26.4 Å². The number of pyridine rings is 2. The number of carbonyl (C=O) groups is 3. The van der Waals surface area contributed by atoms with E-state index in [-0.39, 0.29) is 46.3 Å². The molecule has 2 fully saturated rings. The minimum atomic E-state index is -5.40. The van der Waals surface area contributed by atoms with Gasteiger partial charge >= 0.3 is 12.2 Å². The molecule has 248 valence electrons. The molecule has 16 heteroatoms. The summed E-state index contributed by atoms with van der Waals surface area (Å²) in [5.41, 5.74) is -0.219. The number of halogens is 4. The minimum Gasteiger partial charge on any atom is -0.486 e. The predicted octanol–water partition coefficient (Wildman–Crippen LogP) is 3.02. The largest absolute Gasteiger partial charge is 0.486 e. The predicted molar refractivity (Wildman–Crippen MR) is 160 cm³/mol. The van der Waals surface area contributed by atoms with Gasteiger partial charge in [-0.1, -0.05) is 6.07 Å². The van der Waals surface area contributed by atoms with Gasteiger partial charge in [0.25, 0.3) is 5.91 Å². The van der Waals surface area contributed by atoms with E-state index in [4.69, 9.17) is 15.2 Å². The Labute approximate surface area is 268 Å². The average molecular weight is 667 g/mol. The molecular weight excluding hydrogens is 640 g/mol. The van der Waals surface area contributed by atoms with Gasteiger partial charge < -0.3 is 36.3 Å². The maximum absolute atomic E-state index is 14.8. The fraction of sp³-hybridized carbons (Fsp3) is 0.281. The van der Waals surface area contributed by atoms with E-state index in [0.29, 0.717) is 24.1 Å². The number of urea groups is 1. The van der Waals surface area contributed by atoms with Crippen LogP contribution in [0.3, 0.4) is 0 Å². The van der Waals surface area contributed by atoms with Crippen LogP contribution in [0.1, 0.15) is 28.0 Å². The topological polar surface area (TPSA) is 178 Å². The van der Waals surface area contributed by atoms with Crippen molar-refractivity contribution in [3.8, 4) is 17.0 Å². The van der Waals surface area contributed by atoms with Crippen LogP contribution in [0.5, 0.6) is 5.75 Å². The maximum atomic E-state index is 14.8. The van der Waals surface area contributed by atoms with E-state index in [0.717, 1.165) is 18.2 Å². The average Bonchev–Trinajstić information content (AvgIpc) is 3.67. The van der Waals surface area contributed by atoms with Crippen LogP contribution in [0.15, 0.2) is 60.8 Å². The minimum absolute atomic E-state index is 0.00260. The van der Waals surface area contributed by atoms with Crippen LogP contribution in [0, 0.1) is 5.82 Å². The monoisotopic (exact) mass is 666 g/mol. The van der Waals surface area contributed by atoms with Crippen LogP contribution in [0.2, 0.25) is 0 Å². The van der Waals surface area contributed by atoms with E-state index in [1.54, 1.807) is 12.1 Å². The molecule has 4 amide bonds. The van der Waals surface area contributed by atoms with E-state index >= 15 is 0 Å². The molecule has 4 aromatic rings. The molecule has 2 aliphatic heterocycles. The Hall–Kier alpha value is -5.35. The molecule has 0 radical (unpaired) electrons. The molecule has 0 spiro atoms. The third-order valence-corrected chi connectivity index (χ3v) is 8.75. The number of rotatable bonds is 8. The second-order valence-corrected chi connectivity index (χ2v) is 11.9. The van der Waals surface area contributed by atoms with Crippen molar-refractivity contribution in [2.24, 2.45) is 5.73 Å². The maximum Gasteiger partial charge on any atom is 0.424 e. The highest BCUT2D eigenvalue weighted by Crippen LogP contribution is 2.61. The summed E-state index contributed by atoms with van der Waals surface area (Å²) in [4.78, 5) is 46.8. The van der Waals surface area contributed by atoms with Crippen molar-refractivity contribution in [3.05, 3.63) is 83.4 Å². The van der Waals surface area contributed by atoms with E-state index in [1.807, 2.05) is 0 Å². The fourth-order valence-corrected chi connectivity index (χ4v) is 5.92. The van der Waals surface area contributed by atoms with Crippen LogP contribution >= 0.6 is 0 Å². The number of hydrogen-bond donors (Lipinski definition) is 5. The van der Waals surface area contributed by atoms with E-state index in [1.165, 1.54) is 30.5 Å². The Morgan fingerprint density at radius 2 is 1.83 bits per heavy atom. The number of nitrogens with one attached hydrogen (secondary N) is 3. The summed E-state index contributed by atoms with van der Waals surface area (Å²) < 4.78 is 69.0. The molecule has 2 aromatic carbocycles. The summed E-state index contributed by atoms with van der Waals surface area (Å²) in [5, 5.41) is 19.2. The van der Waals surface area contributed by atoms with E-state index in [9.17, 15) is 37.1 Å². The molecule has 1 saturated carbocycles. The first-order valence-electron chi connectivity index (χ1n) is 14.7. The van der Waals surface area contributed by atoms with Crippen molar-refractivity contribution in [2.45, 2.75) is 35.8 Å². The fourth-order valence-electron chi connectivity index (χ4n) is 5.92. The lowest BCUT2D eigenvalue weighted by atomic mass is 9.89. The number of carbonyl (C=O) groups excluding carboxylic acids is 3. The van der Waals surface area contributed by atoms with Crippen LogP contribution in [0.4, 0.5) is 28.0 Å². The van der Waals surface area contributed by atoms with Crippen molar-refractivity contribution in [1.82, 2.24) is 20.6 Å². The number of anilines is 1. The normalized spacial score (nSPS) is 20.8. The molecule has 0 bridgehead atoms. The van der Waals surface area contributed by atoms with Crippen molar-refractivity contribution in [2.75, 3.05) is 25.1 Å². The van der Waals surface area contributed by atoms with Gasteiger partial charge in [-0.3, -0.25) is 14.6 Å². The first-order valence-corrected chi connectivity index (χ1v) is 14.7. The highest BCUT2D eigenvalue weighted by molar-refractivity contribution is 6.05. The standard InChI is InChI=1S/C32H26F4N6O6/c33-18-5-3-15(4-6-18)25-26-20(30(28(37)44)11-23(30)48-26)10-22(42-25)31(46,32(34,35)36)14-39-27(43)17-8-16-2-1-7-38-24(16)21(9-17)41-29(45)40-19-12-47-13-19/h1-10,19,23,46H,11-14H2,(H2,37,44)(H,39,43)(H2,40,41,45)/t23?,30-,31?/m1/s1. The summed E-state index contributed by atoms with van der Waals surface area (Å²) in [7, 11) is 0. The van der Waals surface area contributed by atoms with Gasteiger partial charge in [0, 0.05) is 34.7 Å².